The summed E-state index contributed by atoms with van der Waals surface area (Å²) in [5, 5.41) is 2.26. The summed E-state index contributed by atoms with van der Waals surface area (Å²) in [6.45, 7) is 2.79. The van der Waals surface area contributed by atoms with E-state index in [1.54, 1.807) is 7.11 Å². The van der Waals surface area contributed by atoms with Gasteiger partial charge in [0.15, 0.2) is 17.2 Å². The van der Waals surface area contributed by atoms with Crippen LogP contribution in [0.4, 0.5) is 4.39 Å². The Kier molecular flexibility index (Phi) is 5.27. The van der Waals surface area contributed by atoms with Gasteiger partial charge in [0.05, 0.1) is 18.8 Å². The van der Waals surface area contributed by atoms with Crippen LogP contribution in [0.15, 0.2) is 78.9 Å². The van der Waals surface area contributed by atoms with Gasteiger partial charge in [0.1, 0.15) is 5.82 Å². The van der Waals surface area contributed by atoms with Crippen molar-refractivity contribution < 1.29 is 13.9 Å². The Morgan fingerprint density at radius 1 is 1.00 bits per heavy atom. The van der Waals surface area contributed by atoms with Gasteiger partial charge in [-0.05, 0) is 47.5 Å². The van der Waals surface area contributed by atoms with Gasteiger partial charge in [-0.3, -0.25) is 4.90 Å². The highest BCUT2D eigenvalue weighted by Crippen LogP contribution is 2.51. The van der Waals surface area contributed by atoms with Crippen molar-refractivity contribution in [3.63, 3.8) is 0 Å². The monoisotopic (exact) mass is 457 g/mol. The largest absolute Gasteiger partial charge is 0.493 e. The van der Waals surface area contributed by atoms with E-state index < -0.39 is 5.72 Å². The van der Waals surface area contributed by atoms with Gasteiger partial charge in [-0.2, -0.15) is 5.01 Å². The number of nitrogens with one attached hydrogen (secondary N) is 1. The number of para-hydroxylation sites is 1. The van der Waals surface area contributed by atoms with Crippen LogP contribution in [-0.4, -0.2) is 35.8 Å². The molecule has 1 unspecified atom stereocenters. The summed E-state index contributed by atoms with van der Waals surface area (Å²) in [7, 11) is 1.69. The number of hydrogen-bond acceptors (Lipinski definition) is 5. The first-order chi connectivity index (χ1) is 16.6. The van der Waals surface area contributed by atoms with Crippen molar-refractivity contribution in [2.24, 2.45) is 0 Å². The molecule has 3 aromatic carbocycles. The van der Waals surface area contributed by atoms with Gasteiger partial charge in [-0.25, -0.2) is 4.39 Å². The van der Waals surface area contributed by atoms with Crippen LogP contribution in [-0.2, 0) is 6.54 Å². The minimum absolute atomic E-state index is 0.000392. The number of methoxy groups -OCH3 is 1. The van der Waals surface area contributed by atoms with Gasteiger partial charge < -0.3 is 14.9 Å². The Labute approximate surface area is 199 Å². The molecule has 3 heterocycles. The van der Waals surface area contributed by atoms with E-state index in [2.05, 4.69) is 57.8 Å². The number of likely N-dealkylation sites (tertiary alicyclic amines) is 1. The van der Waals surface area contributed by atoms with Crippen molar-refractivity contribution in [3.8, 4) is 11.5 Å². The second-order valence-corrected chi connectivity index (χ2v) is 9.20. The number of nitrogens with zero attached hydrogens (tertiary/aromatic N) is 2. The first kappa shape index (κ1) is 21.2. The molecular formula is C28H28FN3O2. The van der Waals surface area contributed by atoms with Crippen molar-refractivity contribution in [1.82, 2.24) is 15.3 Å². The average Bonchev–Trinajstić information content (AvgIpc) is 3.33. The highest BCUT2D eigenvalue weighted by atomic mass is 19.1. The van der Waals surface area contributed by atoms with E-state index in [1.165, 1.54) is 17.7 Å². The summed E-state index contributed by atoms with van der Waals surface area (Å²) < 4.78 is 26.0. The molecular weight excluding hydrogens is 429 g/mol. The smallest absolute Gasteiger partial charge is 0.183 e. The first-order valence-electron chi connectivity index (χ1n) is 11.8. The van der Waals surface area contributed by atoms with Gasteiger partial charge in [0, 0.05) is 38.0 Å². The SMILES string of the molecule is COc1cccc2c1OC1(CCN(Cc3ccccc3)CC1)N1NC(c3ccc(F)cc3)=CC21. The molecule has 0 bridgehead atoms. The van der Waals surface area contributed by atoms with E-state index in [9.17, 15) is 4.39 Å². The summed E-state index contributed by atoms with van der Waals surface area (Å²) in [6, 6.07) is 23.3. The minimum Gasteiger partial charge on any atom is -0.493 e. The minimum atomic E-state index is -0.502. The number of ether oxygens (including phenoxy) is 2. The Hall–Kier alpha value is -3.35. The third-order valence-corrected chi connectivity index (χ3v) is 7.16. The van der Waals surface area contributed by atoms with Crippen LogP contribution < -0.4 is 14.9 Å². The lowest BCUT2D eigenvalue weighted by Crippen LogP contribution is -2.63. The first-order valence-corrected chi connectivity index (χ1v) is 11.8. The van der Waals surface area contributed by atoms with Gasteiger partial charge in [-0.15, -0.1) is 0 Å². The number of rotatable bonds is 4. The summed E-state index contributed by atoms with van der Waals surface area (Å²) in [6.07, 6.45) is 3.92. The summed E-state index contributed by atoms with van der Waals surface area (Å²) in [5.41, 5.74) is 7.44. The van der Waals surface area contributed by atoms with Crippen LogP contribution in [0.3, 0.4) is 0 Å². The van der Waals surface area contributed by atoms with E-state index in [4.69, 9.17) is 9.47 Å². The van der Waals surface area contributed by atoms with Crippen molar-refractivity contribution in [2.45, 2.75) is 31.2 Å². The molecule has 0 radical (unpaired) electrons. The molecule has 5 nitrogen and oxygen atoms in total. The fourth-order valence-corrected chi connectivity index (χ4v) is 5.36. The maximum atomic E-state index is 13.5. The lowest BCUT2D eigenvalue weighted by atomic mass is 9.92. The number of benzene rings is 3. The predicted octanol–water partition coefficient (Wildman–Crippen LogP) is 5.12. The number of fused-ring (bicyclic) bond motifs is 4. The van der Waals surface area contributed by atoms with Crippen molar-refractivity contribution in [2.75, 3.05) is 20.2 Å². The fraction of sp³-hybridized carbons (Fsp3) is 0.286. The van der Waals surface area contributed by atoms with Gasteiger partial charge in [0.2, 0.25) is 0 Å². The average molecular weight is 458 g/mol. The Morgan fingerprint density at radius 2 is 1.76 bits per heavy atom. The highest BCUT2D eigenvalue weighted by Gasteiger charge is 2.52. The van der Waals surface area contributed by atoms with E-state index in [0.717, 1.165) is 60.8 Å². The van der Waals surface area contributed by atoms with Crippen molar-refractivity contribution in [3.05, 3.63) is 101 Å². The molecule has 3 aromatic rings. The lowest BCUT2D eigenvalue weighted by molar-refractivity contribution is -0.161. The molecule has 3 aliphatic rings. The molecule has 1 N–H and O–H groups in total. The topological polar surface area (TPSA) is 37.0 Å². The van der Waals surface area contributed by atoms with Crippen LogP contribution in [0, 0.1) is 5.82 Å². The highest BCUT2D eigenvalue weighted by molar-refractivity contribution is 5.68. The van der Waals surface area contributed by atoms with Gasteiger partial charge in [0.25, 0.3) is 0 Å². The van der Waals surface area contributed by atoms with Crippen LogP contribution in [0.5, 0.6) is 11.5 Å². The van der Waals surface area contributed by atoms with E-state index in [-0.39, 0.29) is 11.9 Å². The molecule has 6 rings (SSSR count). The zero-order valence-electron chi connectivity index (χ0n) is 19.2. The van der Waals surface area contributed by atoms with E-state index >= 15 is 0 Å². The maximum absolute atomic E-state index is 13.5. The maximum Gasteiger partial charge on any atom is 0.183 e. The van der Waals surface area contributed by atoms with Crippen molar-refractivity contribution in [1.29, 1.82) is 0 Å². The second-order valence-electron chi connectivity index (χ2n) is 9.20. The number of hydrazine groups is 1. The number of hydrogen-bond donors (Lipinski definition) is 1. The molecule has 1 atom stereocenters. The Morgan fingerprint density at radius 3 is 2.50 bits per heavy atom. The van der Waals surface area contributed by atoms with Crippen LogP contribution >= 0.6 is 0 Å². The quantitative estimate of drug-likeness (QED) is 0.589. The molecule has 174 valence electrons. The molecule has 0 saturated carbocycles. The van der Waals surface area contributed by atoms with Gasteiger partial charge >= 0.3 is 0 Å². The molecule has 1 spiro atoms. The third-order valence-electron chi connectivity index (χ3n) is 7.16. The van der Waals surface area contributed by atoms with Crippen LogP contribution in [0.2, 0.25) is 0 Å². The molecule has 1 saturated heterocycles. The molecule has 0 amide bonds. The molecule has 1 fully saturated rings. The molecule has 3 aliphatic heterocycles. The fourth-order valence-electron chi connectivity index (χ4n) is 5.36. The van der Waals surface area contributed by atoms with Gasteiger partial charge in [-0.1, -0.05) is 42.5 Å². The summed E-state index contributed by atoms with van der Waals surface area (Å²) >= 11 is 0. The standard InChI is InChI=1S/C28H28FN3O2/c1-33-26-9-5-8-23-25-18-24(21-10-12-22(29)13-11-21)30-32(25)28(34-27(23)26)14-16-31(17-15-28)19-20-6-3-2-4-7-20/h2-13,18,25,30H,14-17,19H2,1H3. The Bertz CT molecular complexity index is 1200. The number of halogens is 1. The lowest BCUT2D eigenvalue weighted by Gasteiger charge is -2.52. The molecule has 0 aromatic heterocycles. The third kappa shape index (κ3) is 3.63. The van der Waals surface area contributed by atoms with Crippen LogP contribution in [0.25, 0.3) is 5.70 Å². The van der Waals surface area contributed by atoms with E-state index in [1.807, 2.05) is 24.3 Å². The van der Waals surface area contributed by atoms with Crippen molar-refractivity contribution >= 4 is 5.70 Å². The van der Waals surface area contributed by atoms with E-state index in [0.29, 0.717) is 0 Å². The molecule has 6 heteroatoms. The predicted molar refractivity (Wildman–Crippen MR) is 129 cm³/mol. The zero-order valence-corrected chi connectivity index (χ0v) is 19.2. The summed E-state index contributed by atoms with van der Waals surface area (Å²) in [4.78, 5) is 2.49. The Balaban J connectivity index is 1.32. The molecule has 34 heavy (non-hydrogen) atoms. The zero-order chi connectivity index (χ0) is 23.1. The molecule has 0 aliphatic carbocycles. The summed E-state index contributed by atoms with van der Waals surface area (Å²) in [5.74, 6) is 1.34. The normalized spacial score (nSPS) is 21.2. The van der Waals surface area contributed by atoms with Crippen LogP contribution in [0.1, 0.15) is 35.6 Å². The number of piperidine rings is 1. The second kappa shape index (κ2) is 8.46.